The molecule has 22 heavy (non-hydrogen) atoms. The zero-order chi connectivity index (χ0) is 14.8. The molecule has 3 aromatic rings. The molecule has 3 rings (SSSR count). The summed E-state index contributed by atoms with van der Waals surface area (Å²) in [7, 11) is 0. The number of thiazole rings is 1. The number of anilines is 2. The summed E-state index contributed by atoms with van der Waals surface area (Å²) in [5.41, 5.74) is 1.35. The second-order valence-electron chi connectivity index (χ2n) is 4.34. The molecule has 2 aromatic carbocycles. The third-order valence-electron chi connectivity index (χ3n) is 2.81. The molecule has 0 saturated heterocycles. The molecule has 0 aliphatic heterocycles. The van der Waals surface area contributed by atoms with Crippen molar-refractivity contribution in [2.45, 2.75) is 0 Å². The van der Waals surface area contributed by atoms with Crippen molar-refractivity contribution in [3.05, 3.63) is 59.5 Å². The number of nitrogens with one attached hydrogen (secondary N) is 1. The van der Waals surface area contributed by atoms with Crippen molar-refractivity contribution < 1.29 is 13.9 Å². The topological polar surface area (TPSA) is 45.1 Å². The van der Waals surface area contributed by atoms with Crippen LogP contribution in [0, 0.1) is 11.6 Å². The average Bonchev–Trinajstić information content (AvgIpc) is 2.87. The molecule has 0 atom stereocenters. The second-order valence-corrected chi connectivity index (χ2v) is 5.20. The van der Waals surface area contributed by atoms with Crippen LogP contribution in [0.2, 0.25) is 0 Å². The number of halogens is 3. The number of benzene rings is 2. The molecule has 7 heteroatoms. The molecule has 0 spiro atoms. The SMILES string of the molecule is Cl.Oc1cccc(Nc2nc(-c3ccc(F)cc3F)cs2)c1. The Morgan fingerprint density at radius 3 is 2.64 bits per heavy atom. The second kappa shape index (κ2) is 6.72. The Bertz CT molecular complexity index is 795. The molecule has 0 unspecified atom stereocenters. The van der Waals surface area contributed by atoms with Gasteiger partial charge in [0.05, 0.1) is 5.69 Å². The third kappa shape index (κ3) is 3.52. The van der Waals surface area contributed by atoms with E-state index in [1.165, 1.54) is 23.5 Å². The summed E-state index contributed by atoms with van der Waals surface area (Å²) >= 11 is 1.29. The number of aromatic hydroxyl groups is 1. The molecule has 0 aliphatic carbocycles. The predicted octanol–water partition coefficient (Wildman–Crippen LogP) is 4.96. The van der Waals surface area contributed by atoms with Crippen molar-refractivity contribution in [1.29, 1.82) is 0 Å². The highest BCUT2D eigenvalue weighted by Gasteiger charge is 2.10. The summed E-state index contributed by atoms with van der Waals surface area (Å²) < 4.78 is 26.6. The quantitative estimate of drug-likeness (QED) is 0.708. The van der Waals surface area contributed by atoms with E-state index in [1.54, 1.807) is 29.6 Å². The molecule has 114 valence electrons. The number of hydrogen-bond acceptors (Lipinski definition) is 4. The first-order chi connectivity index (χ1) is 10.1. The van der Waals surface area contributed by atoms with Gasteiger partial charge in [0.1, 0.15) is 17.4 Å². The predicted molar refractivity (Wildman–Crippen MR) is 86.1 cm³/mol. The maximum absolute atomic E-state index is 13.7. The molecule has 0 bridgehead atoms. The minimum absolute atomic E-state index is 0. The molecule has 2 N–H and O–H groups in total. The fraction of sp³-hybridized carbons (Fsp3) is 0. The minimum Gasteiger partial charge on any atom is -0.508 e. The highest BCUT2D eigenvalue weighted by molar-refractivity contribution is 7.14. The zero-order valence-corrected chi connectivity index (χ0v) is 12.7. The summed E-state index contributed by atoms with van der Waals surface area (Å²) in [5.74, 6) is -1.13. The first-order valence-corrected chi connectivity index (χ1v) is 6.97. The average molecular weight is 341 g/mol. The number of phenols is 1. The number of rotatable bonds is 3. The van der Waals surface area contributed by atoms with Crippen LogP contribution in [0.1, 0.15) is 0 Å². The van der Waals surface area contributed by atoms with Crippen LogP contribution in [0.25, 0.3) is 11.3 Å². The molecule has 3 nitrogen and oxygen atoms in total. The lowest BCUT2D eigenvalue weighted by Gasteiger charge is -2.02. The van der Waals surface area contributed by atoms with Crippen LogP contribution in [0.15, 0.2) is 47.8 Å². The van der Waals surface area contributed by atoms with Crippen molar-refractivity contribution in [3.8, 4) is 17.0 Å². The molecular formula is C15H11ClF2N2OS. The zero-order valence-electron chi connectivity index (χ0n) is 11.1. The van der Waals surface area contributed by atoms with E-state index in [2.05, 4.69) is 10.3 Å². The van der Waals surface area contributed by atoms with Crippen LogP contribution in [0.4, 0.5) is 19.6 Å². The Hall–Kier alpha value is -2.18. The van der Waals surface area contributed by atoms with E-state index < -0.39 is 11.6 Å². The molecule has 0 aliphatic rings. The lowest BCUT2D eigenvalue weighted by Crippen LogP contribution is -1.90. The van der Waals surface area contributed by atoms with Crippen LogP contribution in [-0.4, -0.2) is 10.1 Å². The van der Waals surface area contributed by atoms with Crippen LogP contribution < -0.4 is 5.32 Å². The minimum atomic E-state index is -0.649. The first-order valence-electron chi connectivity index (χ1n) is 6.09. The highest BCUT2D eigenvalue weighted by Crippen LogP contribution is 2.29. The molecule has 0 fully saturated rings. The lowest BCUT2D eigenvalue weighted by atomic mass is 10.1. The van der Waals surface area contributed by atoms with E-state index in [1.807, 2.05) is 0 Å². The van der Waals surface area contributed by atoms with E-state index in [0.717, 1.165) is 6.07 Å². The Morgan fingerprint density at radius 2 is 1.91 bits per heavy atom. The Labute approximate surface area is 135 Å². The fourth-order valence-electron chi connectivity index (χ4n) is 1.86. The van der Waals surface area contributed by atoms with Gasteiger partial charge in [-0.05, 0) is 24.3 Å². The van der Waals surface area contributed by atoms with Gasteiger partial charge >= 0.3 is 0 Å². The standard InChI is InChI=1S/C15H10F2N2OS.ClH/c16-9-4-5-12(13(17)6-9)14-8-21-15(19-14)18-10-2-1-3-11(20)7-10;/h1-8,20H,(H,18,19);1H. The smallest absolute Gasteiger partial charge is 0.187 e. The van der Waals surface area contributed by atoms with Crippen LogP contribution in [0.3, 0.4) is 0 Å². The fourth-order valence-corrected chi connectivity index (χ4v) is 2.59. The first kappa shape index (κ1) is 16.2. The molecule has 0 radical (unpaired) electrons. The van der Waals surface area contributed by atoms with E-state index in [9.17, 15) is 13.9 Å². The van der Waals surface area contributed by atoms with E-state index in [4.69, 9.17) is 0 Å². The van der Waals surface area contributed by atoms with Crippen molar-refractivity contribution in [2.75, 3.05) is 5.32 Å². The van der Waals surface area contributed by atoms with Gasteiger partial charge in [0.2, 0.25) is 0 Å². The summed E-state index contributed by atoms with van der Waals surface area (Å²) in [5, 5.41) is 14.6. The summed E-state index contributed by atoms with van der Waals surface area (Å²) in [6.45, 7) is 0. The summed E-state index contributed by atoms with van der Waals surface area (Å²) in [6.07, 6.45) is 0. The van der Waals surface area contributed by atoms with Gasteiger partial charge in [-0.1, -0.05) is 6.07 Å². The summed E-state index contributed by atoms with van der Waals surface area (Å²) in [4.78, 5) is 4.26. The summed E-state index contributed by atoms with van der Waals surface area (Å²) in [6, 6.07) is 9.98. The Morgan fingerprint density at radius 1 is 1.09 bits per heavy atom. The van der Waals surface area contributed by atoms with E-state index in [-0.39, 0.29) is 23.7 Å². The van der Waals surface area contributed by atoms with Gasteiger partial charge in [0, 0.05) is 28.8 Å². The lowest BCUT2D eigenvalue weighted by molar-refractivity contribution is 0.475. The van der Waals surface area contributed by atoms with Crippen molar-refractivity contribution in [2.24, 2.45) is 0 Å². The van der Waals surface area contributed by atoms with Crippen LogP contribution in [0.5, 0.6) is 5.75 Å². The normalized spacial score (nSPS) is 10.1. The molecule has 1 aromatic heterocycles. The Balaban J connectivity index is 0.00000176. The van der Waals surface area contributed by atoms with E-state index in [0.29, 0.717) is 16.5 Å². The largest absolute Gasteiger partial charge is 0.508 e. The van der Waals surface area contributed by atoms with Gasteiger partial charge in [-0.2, -0.15) is 0 Å². The van der Waals surface area contributed by atoms with Gasteiger partial charge in [-0.15, -0.1) is 23.7 Å². The van der Waals surface area contributed by atoms with Crippen molar-refractivity contribution in [3.63, 3.8) is 0 Å². The maximum atomic E-state index is 13.7. The van der Waals surface area contributed by atoms with Crippen LogP contribution >= 0.6 is 23.7 Å². The molecular weight excluding hydrogens is 330 g/mol. The number of hydrogen-bond donors (Lipinski definition) is 2. The van der Waals surface area contributed by atoms with E-state index >= 15 is 0 Å². The monoisotopic (exact) mass is 340 g/mol. The van der Waals surface area contributed by atoms with Crippen molar-refractivity contribution in [1.82, 2.24) is 4.98 Å². The van der Waals surface area contributed by atoms with Gasteiger partial charge < -0.3 is 10.4 Å². The highest BCUT2D eigenvalue weighted by atomic mass is 35.5. The maximum Gasteiger partial charge on any atom is 0.187 e. The van der Waals surface area contributed by atoms with Gasteiger partial charge in [0.15, 0.2) is 5.13 Å². The Kier molecular flexibility index (Phi) is 4.95. The van der Waals surface area contributed by atoms with Crippen molar-refractivity contribution >= 4 is 34.6 Å². The third-order valence-corrected chi connectivity index (χ3v) is 3.57. The van der Waals surface area contributed by atoms with Crippen LogP contribution in [-0.2, 0) is 0 Å². The molecule has 0 saturated carbocycles. The van der Waals surface area contributed by atoms with Gasteiger partial charge in [-0.25, -0.2) is 13.8 Å². The van der Waals surface area contributed by atoms with Gasteiger partial charge in [0.25, 0.3) is 0 Å². The number of phenolic OH excluding ortho intramolecular Hbond substituents is 1. The molecule has 1 heterocycles. The number of aromatic nitrogens is 1. The number of nitrogens with zero attached hydrogens (tertiary/aromatic N) is 1. The van der Waals surface area contributed by atoms with Gasteiger partial charge in [-0.3, -0.25) is 0 Å². The molecule has 0 amide bonds.